The third-order valence-electron chi connectivity index (χ3n) is 4.22. The van der Waals surface area contributed by atoms with Crippen molar-refractivity contribution in [1.29, 1.82) is 0 Å². The highest BCUT2D eigenvalue weighted by Gasteiger charge is 2.19. The maximum absolute atomic E-state index is 13.5. The number of anilines is 1. The highest BCUT2D eigenvalue weighted by atomic mass is 32.2. The smallest absolute Gasteiger partial charge is 0.245 e. The second-order valence-corrected chi connectivity index (χ2v) is 9.37. The fourth-order valence-electron chi connectivity index (χ4n) is 2.59. The van der Waals surface area contributed by atoms with Crippen molar-refractivity contribution in [3.8, 4) is 0 Å². The molecule has 1 amide bonds. The van der Waals surface area contributed by atoms with E-state index in [2.05, 4.69) is 16.3 Å². The van der Waals surface area contributed by atoms with Gasteiger partial charge in [-0.2, -0.15) is 0 Å². The number of hydrogen-bond donors (Lipinski definition) is 3. The van der Waals surface area contributed by atoms with E-state index in [1.807, 2.05) is 0 Å². The summed E-state index contributed by atoms with van der Waals surface area (Å²) in [5.74, 6) is 0.148. The first-order chi connectivity index (χ1) is 15.0. The maximum atomic E-state index is 13.5. The van der Waals surface area contributed by atoms with Crippen molar-refractivity contribution in [3.05, 3.63) is 63.8 Å². The highest BCUT2D eigenvalue weighted by molar-refractivity contribution is 8.17. The molecular formula is C20H24FN4O5PS. The summed E-state index contributed by atoms with van der Waals surface area (Å²) in [4.78, 5) is 53.1. The lowest BCUT2D eigenvalue weighted by atomic mass is 10.2. The van der Waals surface area contributed by atoms with E-state index in [9.17, 15) is 23.8 Å². The molecule has 0 spiro atoms. The van der Waals surface area contributed by atoms with Crippen molar-refractivity contribution in [3.63, 3.8) is 0 Å². The number of nitrogens with zero attached hydrogens (tertiary/aromatic N) is 3. The number of allylic oxidation sites excluding steroid dienone is 1. The number of hydrogen-bond acceptors (Lipinski definition) is 9. The number of nitrogens with two attached hydrogens (primary N) is 1. The molecule has 172 valence electrons. The van der Waals surface area contributed by atoms with E-state index in [4.69, 9.17) is 10.3 Å². The molecule has 32 heavy (non-hydrogen) atoms. The van der Waals surface area contributed by atoms with Gasteiger partial charge in [0.25, 0.3) is 0 Å². The third-order valence-corrected chi connectivity index (χ3v) is 5.99. The Balaban J connectivity index is 2.33. The molecule has 1 aromatic carbocycles. The van der Waals surface area contributed by atoms with Crippen molar-refractivity contribution in [2.75, 3.05) is 12.3 Å². The van der Waals surface area contributed by atoms with E-state index >= 15 is 0 Å². The van der Waals surface area contributed by atoms with Gasteiger partial charge in [0, 0.05) is 34.3 Å². The number of rotatable bonds is 10. The predicted molar refractivity (Wildman–Crippen MR) is 123 cm³/mol. The number of halogens is 1. The molecule has 0 unspecified atom stereocenters. The monoisotopic (exact) mass is 482 g/mol. The lowest BCUT2D eigenvalue weighted by Crippen LogP contribution is -2.22. The SMILES string of the molecule is C=P(O)(O)OCC/C(SC(=O)c1cccc(F)c1)=C(\C)N(C=O)Cc1cnc(C)nc1N. The van der Waals surface area contributed by atoms with Gasteiger partial charge < -0.3 is 24.9 Å². The van der Waals surface area contributed by atoms with Crippen LogP contribution in [0.1, 0.15) is 35.1 Å². The van der Waals surface area contributed by atoms with E-state index in [-0.39, 0.29) is 31.0 Å². The Hall–Kier alpha value is -2.56. The van der Waals surface area contributed by atoms with Crippen LogP contribution in [0.5, 0.6) is 0 Å². The molecule has 0 saturated carbocycles. The van der Waals surface area contributed by atoms with Gasteiger partial charge in [0.05, 0.1) is 13.2 Å². The molecule has 0 aliphatic rings. The van der Waals surface area contributed by atoms with E-state index in [0.717, 1.165) is 17.8 Å². The highest BCUT2D eigenvalue weighted by Crippen LogP contribution is 2.37. The van der Waals surface area contributed by atoms with Crippen LogP contribution in [0.2, 0.25) is 0 Å². The molecule has 0 fully saturated rings. The van der Waals surface area contributed by atoms with Gasteiger partial charge in [-0.15, -0.1) is 0 Å². The number of carbonyl (C=O) groups excluding carboxylic acids is 2. The van der Waals surface area contributed by atoms with Gasteiger partial charge in [-0.1, -0.05) is 12.1 Å². The molecule has 2 rings (SSSR count). The van der Waals surface area contributed by atoms with Crippen LogP contribution in [0.15, 0.2) is 41.1 Å². The summed E-state index contributed by atoms with van der Waals surface area (Å²) in [7, 11) is -3.73. The average molecular weight is 482 g/mol. The predicted octanol–water partition coefficient (Wildman–Crippen LogP) is 2.86. The van der Waals surface area contributed by atoms with E-state index in [1.165, 1.54) is 29.3 Å². The zero-order valence-electron chi connectivity index (χ0n) is 17.6. The minimum absolute atomic E-state index is 0.0484. The normalized spacial score (nSPS) is 12.3. The molecule has 0 atom stereocenters. The zero-order chi connectivity index (χ0) is 23.9. The summed E-state index contributed by atoms with van der Waals surface area (Å²) >= 11 is 0.786. The number of carbonyl (C=O) groups is 2. The Kier molecular flexibility index (Phi) is 9.11. The van der Waals surface area contributed by atoms with Gasteiger partial charge in [0.2, 0.25) is 19.1 Å². The number of nitrogen functional groups attached to an aromatic ring is 1. The molecule has 1 aromatic heterocycles. The summed E-state index contributed by atoms with van der Waals surface area (Å²) in [5.41, 5.74) is 6.97. The number of thioether (sulfide) groups is 1. The average Bonchev–Trinajstić information content (AvgIpc) is 2.71. The van der Waals surface area contributed by atoms with Crippen LogP contribution in [0, 0.1) is 12.7 Å². The lowest BCUT2D eigenvalue weighted by molar-refractivity contribution is -0.116. The van der Waals surface area contributed by atoms with Crippen LogP contribution >= 0.6 is 19.3 Å². The Morgan fingerprint density at radius 1 is 1.44 bits per heavy atom. The molecule has 0 bridgehead atoms. The zero-order valence-corrected chi connectivity index (χ0v) is 19.3. The van der Waals surface area contributed by atoms with Crippen molar-refractivity contribution >= 4 is 43.0 Å². The molecular weight excluding hydrogens is 458 g/mol. The summed E-state index contributed by atoms with van der Waals surface area (Å²) in [6.45, 7) is 3.18. The number of aromatic nitrogens is 2. The van der Waals surface area contributed by atoms with Crippen molar-refractivity contribution in [1.82, 2.24) is 14.9 Å². The molecule has 0 radical (unpaired) electrons. The van der Waals surface area contributed by atoms with E-state index < -0.39 is 18.5 Å². The number of aryl methyl sites for hydroxylation is 1. The van der Waals surface area contributed by atoms with E-state index in [1.54, 1.807) is 13.8 Å². The fraction of sp³-hybridized carbons (Fsp3) is 0.250. The van der Waals surface area contributed by atoms with Crippen LogP contribution in [-0.4, -0.2) is 49.1 Å². The van der Waals surface area contributed by atoms with Gasteiger partial charge >= 0.3 is 0 Å². The molecule has 0 aliphatic carbocycles. The summed E-state index contributed by atoms with van der Waals surface area (Å²) in [5, 5.41) is -0.452. The van der Waals surface area contributed by atoms with Crippen molar-refractivity contribution in [2.45, 2.75) is 26.8 Å². The van der Waals surface area contributed by atoms with Crippen molar-refractivity contribution in [2.24, 2.45) is 0 Å². The molecule has 2 aromatic rings. The minimum atomic E-state index is -3.73. The van der Waals surface area contributed by atoms with Gasteiger partial charge in [-0.25, -0.2) is 14.4 Å². The Labute approximate surface area is 189 Å². The quantitative estimate of drug-likeness (QED) is 0.345. The summed E-state index contributed by atoms with van der Waals surface area (Å²) < 4.78 is 18.4. The van der Waals surface area contributed by atoms with Crippen LogP contribution in [0.3, 0.4) is 0 Å². The van der Waals surface area contributed by atoms with Gasteiger partial charge in [-0.05, 0) is 44.0 Å². The number of benzene rings is 1. The first-order valence-corrected chi connectivity index (χ1v) is 11.9. The third kappa shape index (κ3) is 7.85. The second kappa shape index (κ2) is 11.3. The van der Waals surface area contributed by atoms with Crippen LogP contribution < -0.4 is 5.73 Å². The van der Waals surface area contributed by atoms with Gasteiger partial charge in [-0.3, -0.25) is 9.59 Å². The lowest BCUT2D eigenvalue weighted by Gasteiger charge is -2.22. The van der Waals surface area contributed by atoms with Crippen LogP contribution in [0.4, 0.5) is 10.2 Å². The Bertz CT molecular complexity index is 1080. The van der Waals surface area contributed by atoms with Crippen LogP contribution in [0.25, 0.3) is 0 Å². The first kappa shape index (κ1) is 25.7. The Morgan fingerprint density at radius 2 is 2.16 bits per heavy atom. The fourth-order valence-corrected chi connectivity index (χ4v) is 3.89. The maximum Gasteiger partial charge on any atom is 0.245 e. The molecule has 4 N–H and O–H groups in total. The van der Waals surface area contributed by atoms with Crippen LogP contribution in [-0.2, 0) is 15.9 Å². The molecule has 12 heteroatoms. The molecule has 0 saturated heterocycles. The van der Waals surface area contributed by atoms with Gasteiger partial charge in [0.15, 0.2) is 0 Å². The topological polar surface area (TPSA) is 139 Å². The summed E-state index contributed by atoms with van der Waals surface area (Å²) in [6, 6.07) is 5.21. The molecule has 0 aliphatic heterocycles. The largest absolute Gasteiger partial charge is 0.383 e. The Morgan fingerprint density at radius 3 is 2.75 bits per heavy atom. The number of amides is 1. The standard InChI is InChI=1S/C20H24FN4O5PS/c1-13(25(12-26)11-16-10-23-14(2)24-19(16)22)18(7-8-30-31(3,28)29)32-20(27)15-5-4-6-17(21)9-15/h4-6,9-10,12,28-29H,3,7-8,11H2,1-2H3,(H2,22,23,24)/b18-13-. The van der Waals surface area contributed by atoms with E-state index in [0.29, 0.717) is 28.4 Å². The van der Waals surface area contributed by atoms with Crippen molar-refractivity contribution < 1.29 is 28.3 Å². The van der Waals surface area contributed by atoms with Gasteiger partial charge in [0.1, 0.15) is 17.5 Å². The molecule has 9 nitrogen and oxygen atoms in total. The summed E-state index contributed by atoms with van der Waals surface area (Å²) in [6.07, 6.45) is 5.28. The molecule has 1 heterocycles. The minimum Gasteiger partial charge on any atom is -0.383 e. The first-order valence-electron chi connectivity index (χ1n) is 9.31. The second-order valence-electron chi connectivity index (χ2n) is 6.72.